The molecule has 0 amide bonds. The number of aryl methyl sites for hydroxylation is 2. The van der Waals surface area contributed by atoms with Crippen LogP contribution in [0.5, 0.6) is 0 Å². The van der Waals surface area contributed by atoms with Crippen molar-refractivity contribution in [2.75, 3.05) is 0 Å². The third kappa shape index (κ3) is 1.77. The Labute approximate surface area is 94.3 Å². The Morgan fingerprint density at radius 2 is 2.13 bits per heavy atom. The Morgan fingerprint density at radius 1 is 1.40 bits per heavy atom. The molecule has 0 unspecified atom stereocenters. The first kappa shape index (κ1) is 10.2. The van der Waals surface area contributed by atoms with Gasteiger partial charge in [-0.3, -0.25) is 0 Å². The third-order valence-corrected chi connectivity index (χ3v) is 2.51. The van der Waals surface area contributed by atoms with Gasteiger partial charge in [-0.1, -0.05) is 0 Å². The highest BCUT2D eigenvalue weighted by molar-refractivity contribution is 9.10. The summed E-state index contributed by atoms with van der Waals surface area (Å²) >= 11 is 3.10. The van der Waals surface area contributed by atoms with Gasteiger partial charge in [0.1, 0.15) is 11.6 Å². The Balaban J connectivity index is 2.64. The molecule has 4 nitrogen and oxygen atoms in total. The van der Waals surface area contributed by atoms with Gasteiger partial charge in [-0.2, -0.15) is 4.68 Å². The number of halogens is 2. The molecule has 0 aliphatic carbocycles. The SMILES string of the molecule is Cc1nc(C)n(-c2nccc(Br)c2F)n1. The van der Waals surface area contributed by atoms with E-state index < -0.39 is 5.82 Å². The first-order chi connectivity index (χ1) is 7.09. The molecular formula is C9H8BrFN4. The lowest BCUT2D eigenvalue weighted by Crippen LogP contribution is -2.05. The Morgan fingerprint density at radius 3 is 2.73 bits per heavy atom. The summed E-state index contributed by atoms with van der Waals surface area (Å²) in [6.07, 6.45) is 1.51. The van der Waals surface area contributed by atoms with E-state index in [0.29, 0.717) is 16.1 Å². The molecule has 2 heterocycles. The number of aromatic nitrogens is 4. The molecule has 0 N–H and O–H groups in total. The molecule has 78 valence electrons. The zero-order valence-electron chi connectivity index (χ0n) is 8.20. The van der Waals surface area contributed by atoms with Crippen LogP contribution in [0.1, 0.15) is 11.6 Å². The first-order valence-electron chi connectivity index (χ1n) is 4.30. The molecule has 2 aromatic heterocycles. The molecule has 0 atom stereocenters. The third-order valence-electron chi connectivity index (χ3n) is 1.90. The van der Waals surface area contributed by atoms with Crippen molar-refractivity contribution in [3.05, 3.63) is 34.2 Å². The molecule has 0 aromatic carbocycles. The quantitative estimate of drug-likeness (QED) is 0.798. The predicted molar refractivity (Wildman–Crippen MR) is 56.3 cm³/mol. The maximum atomic E-state index is 13.7. The van der Waals surface area contributed by atoms with Crippen LogP contribution in [0.4, 0.5) is 4.39 Å². The Hall–Kier alpha value is -1.30. The molecule has 0 bridgehead atoms. The van der Waals surface area contributed by atoms with Gasteiger partial charge in [-0.15, -0.1) is 5.10 Å². The standard InChI is InChI=1S/C9H8BrFN4/c1-5-13-6(2)15(14-5)9-8(11)7(10)3-4-12-9/h3-4H,1-2H3. The van der Waals surface area contributed by atoms with E-state index in [0.717, 1.165) is 0 Å². The first-order valence-corrected chi connectivity index (χ1v) is 5.09. The van der Waals surface area contributed by atoms with Gasteiger partial charge in [0.05, 0.1) is 4.47 Å². The van der Waals surface area contributed by atoms with Crippen LogP contribution >= 0.6 is 15.9 Å². The van der Waals surface area contributed by atoms with Crippen LogP contribution in [0.25, 0.3) is 5.82 Å². The van der Waals surface area contributed by atoms with E-state index in [1.807, 2.05) is 0 Å². The van der Waals surface area contributed by atoms with Gasteiger partial charge in [0.25, 0.3) is 0 Å². The van der Waals surface area contributed by atoms with Crippen molar-refractivity contribution in [1.29, 1.82) is 0 Å². The van der Waals surface area contributed by atoms with Crippen molar-refractivity contribution in [1.82, 2.24) is 19.7 Å². The Bertz CT molecular complexity index is 509. The fourth-order valence-electron chi connectivity index (χ4n) is 1.28. The second kappa shape index (κ2) is 3.69. The lowest BCUT2D eigenvalue weighted by molar-refractivity contribution is 0.590. The number of nitrogens with zero attached hydrogens (tertiary/aromatic N) is 4. The monoisotopic (exact) mass is 270 g/mol. The van der Waals surface area contributed by atoms with Crippen LogP contribution < -0.4 is 0 Å². The van der Waals surface area contributed by atoms with Gasteiger partial charge in [0.2, 0.25) is 0 Å². The molecule has 15 heavy (non-hydrogen) atoms. The van der Waals surface area contributed by atoms with Crippen molar-refractivity contribution in [3.8, 4) is 5.82 Å². The van der Waals surface area contributed by atoms with Gasteiger partial charge >= 0.3 is 0 Å². The average Bonchev–Trinajstić information content (AvgIpc) is 2.50. The highest BCUT2D eigenvalue weighted by atomic mass is 79.9. The maximum Gasteiger partial charge on any atom is 0.192 e. The van der Waals surface area contributed by atoms with E-state index in [-0.39, 0.29) is 5.82 Å². The zero-order chi connectivity index (χ0) is 11.0. The minimum Gasteiger partial charge on any atom is -0.234 e. The number of rotatable bonds is 1. The summed E-state index contributed by atoms with van der Waals surface area (Å²) in [7, 11) is 0. The van der Waals surface area contributed by atoms with Crippen LogP contribution in [0.2, 0.25) is 0 Å². The van der Waals surface area contributed by atoms with Crippen LogP contribution in [0.3, 0.4) is 0 Å². The zero-order valence-corrected chi connectivity index (χ0v) is 9.79. The van der Waals surface area contributed by atoms with E-state index in [1.165, 1.54) is 16.9 Å². The van der Waals surface area contributed by atoms with E-state index >= 15 is 0 Å². The smallest absolute Gasteiger partial charge is 0.192 e. The minimum absolute atomic E-state index is 0.155. The van der Waals surface area contributed by atoms with Gasteiger partial charge in [0.15, 0.2) is 11.6 Å². The van der Waals surface area contributed by atoms with E-state index in [4.69, 9.17) is 0 Å². The number of pyridine rings is 1. The molecular weight excluding hydrogens is 263 g/mol. The summed E-state index contributed by atoms with van der Waals surface area (Å²) in [4.78, 5) is 8.03. The summed E-state index contributed by atoms with van der Waals surface area (Å²) in [5.41, 5.74) is 0. The van der Waals surface area contributed by atoms with Crippen molar-refractivity contribution >= 4 is 15.9 Å². The maximum absolute atomic E-state index is 13.7. The predicted octanol–water partition coefficient (Wildman–Crippen LogP) is 2.18. The molecule has 0 aliphatic rings. The fourth-order valence-corrected chi connectivity index (χ4v) is 1.57. The van der Waals surface area contributed by atoms with Gasteiger partial charge in [0, 0.05) is 6.20 Å². The van der Waals surface area contributed by atoms with Crippen molar-refractivity contribution < 1.29 is 4.39 Å². The second-order valence-corrected chi connectivity index (χ2v) is 3.90. The van der Waals surface area contributed by atoms with Crippen LogP contribution in [-0.4, -0.2) is 19.7 Å². The normalized spacial score (nSPS) is 10.7. The van der Waals surface area contributed by atoms with Gasteiger partial charge in [-0.25, -0.2) is 14.4 Å². The summed E-state index contributed by atoms with van der Waals surface area (Å²) in [5.74, 6) is 0.915. The fraction of sp³-hybridized carbons (Fsp3) is 0.222. The molecule has 0 saturated carbocycles. The molecule has 0 spiro atoms. The summed E-state index contributed by atoms with van der Waals surface area (Å²) < 4.78 is 15.4. The van der Waals surface area contributed by atoms with Crippen molar-refractivity contribution in [2.24, 2.45) is 0 Å². The van der Waals surface area contributed by atoms with E-state index in [9.17, 15) is 4.39 Å². The van der Waals surface area contributed by atoms with Crippen LogP contribution in [0.15, 0.2) is 16.7 Å². The van der Waals surface area contributed by atoms with Crippen LogP contribution in [-0.2, 0) is 0 Å². The van der Waals surface area contributed by atoms with E-state index in [1.54, 1.807) is 13.8 Å². The topological polar surface area (TPSA) is 43.6 Å². The van der Waals surface area contributed by atoms with Crippen LogP contribution in [0, 0.1) is 19.7 Å². The van der Waals surface area contributed by atoms with Gasteiger partial charge < -0.3 is 0 Å². The van der Waals surface area contributed by atoms with Crippen molar-refractivity contribution in [2.45, 2.75) is 13.8 Å². The average molecular weight is 271 g/mol. The lowest BCUT2D eigenvalue weighted by Gasteiger charge is -2.03. The highest BCUT2D eigenvalue weighted by Gasteiger charge is 2.13. The van der Waals surface area contributed by atoms with Gasteiger partial charge in [-0.05, 0) is 35.8 Å². The lowest BCUT2D eigenvalue weighted by atomic mass is 10.4. The molecule has 0 fully saturated rings. The second-order valence-electron chi connectivity index (χ2n) is 3.05. The number of hydrogen-bond donors (Lipinski definition) is 0. The molecule has 0 saturated heterocycles. The molecule has 2 rings (SSSR count). The molecule has 0 radical (unpaired) electrons. The largest absolute Gasteiger partial charge is 0.234 e. The summed E-state index contributed by atoms with van der Waals surface area (Å²) in [5, 5.41) is 4.06. The minimum atomic E-state index is -0.439. The van der Waals surface area contributed by atoms with E-state index in [2.05, 4.69) is 31.0 Å². The summed E-state index contributed by atoms with van der Waals surface area (Å²) in [6.45, 7) is 3.50. The molecule has 0 aliphatic heterocycles. The Kier molecular flexibility index (Phi) is 2.52. The van der Waals surface area contributed by atoms with Crippen molar-refractivity contribution in [3.63, 3.8) is 0 Å². The molecule has 2 aromatic rings. The number of hydrogen-bond acceptors (Lipinski definition) is 3. The summed E-state index contributed by atoms with van der Waals surface area (Å²) in [6, 6.07) is 1.54. The highest BCUT2D eigenvalue weighted by Crippen LogP contribution is 2.19. The molecule has 6 heteroatoms.